The number of carbonyl (C=O) groups is 1. The Labute approximate surface area is 189 Å². The van der Waals surface area contributed by atoms with Gasteiger partial charge in [-0.05, 0) is 44.5 Å². The van der Waals surface area contributed by atoms with E-state index in [1.54, 1.807) is 35.1 Å². The Balaban J connectivity index is 1.65. The van der Waals surface area contributed by atoms with E-state index in [9.17, 15) is 9.59 Å². The predicted molar refractivity (Wildman–Crippen MR) is 128 cm³/mol. The van der Waals surface area contributed by atoms with Crippen molar-refractivity contribution >= 4 is 27.8 Å². The van der Waals surface area contributed by atoms with Crippen LogP contribution in [0.1, 0.15) is 35.8 Å². The molecule has 0 spiro atoms. The van der Waals surface area contributed by atoms with Crippen LogP contribution < -0.4 is 11.0 Å². The number of hydrogen-bond acceptors (Lipinski definition) is 5. The topological polar surface area (TPSA) is 94.7 Å². The van der Waals surface area contributed by atoms with Gasteiger partial charge in [-0.25, -0.2) is 19.3 Å². The lowest BCUT2D eigenvalue weighted by Gasteiger charge is -2.13. The number of nitrogens with zero attached hydrogens (tertiary/aromatic N) is 5. The molecule has 0 unspecified atom stereocenters. The molecule has 0 bridgehead atoms. The number of aromatic nitrogens is 5. The molecule has 3 aromatic heterocycles. The minimum Gasteiger partial charge on any atom is -0.267 e. The molecule has 2 aromatic carbocycles. The molecule has 5 rings (SSSR count). The number of amides is 1. The summed E-state index contributed by atoms with van der Waals surface area (Å²) in [5.41, 5.74) is 6.52. The van der Waals surface area contributed by atoms with Crippen molar-refractivity contribution in [2.75, 3.05) is 5.43 Å². The molecule has 8 heteroatoms. The predicted octanol–water partition coefficient (Wildman–Crippen LogP) is 4.08. The Morgan fingerprint density at radius 3 is 2.58 bits per heavy atom. The monoisotopic (exact) mass is 438 g/mol. The molecule has 0 fully saturated rings. The molecular weight excluding hydrogens is 416 g/mol. The van der Waals surface area contributed by atoms with Crippen molar-refractivity contribution in [1.29, 1.82) is 0 Å². The molecule has 33 heavy (non-hydrogen) atoms. The van der Waals surface area contributed by atoms with Gasteiger partial charge >= 0.3 is 0 Å². The fourth-order valence-corrected chi connectivity index (χ4v) is 3.90. The molecule has 0 saturated heterocycles. The van der Waals surface area contributed by atoms with Gasteiger partial charge < -0.3 is 0 Å². The summed E-state index contributed by atoms with van der Waals surface area (Å²) in [6, 6.07) is 16.7. The van der Waals surface area contributed by atoms with Gasteiger partial charge in [0.25, 0.3) is 11.5 Å². The lowest BCUT2D eigenvalue weighted by Crippen LogP contribution is -2.33. The molecule has 0 aliphatic rings. The van der Waals surface area contributed by atoms with Crippen LogP contribution in [0.15, 0.2) is 71.9 Å². The number of nitrogens with one attached hydrogen (secondary N) is 1. The second-order valence-corrected chi connectivity index (χ2v) is 8.17. The number of fused-ring (bicyclic) bond motifs is 2. The standard InChI is InChI=1S/C25H22N6O2/c1-15(2)31-23-20(13-27-31)19(12-22(28-23)17-9-5-4-8-16(17)3)24(32)29-30-14-26-21-11-7-6-10-18(21)25(30)33/h4-15H,1-3H3,(H,29,32). The van der Waals surface area contributed by atoms with Crippen molar-refractivity contribution in [2.45, 2.75) is 26.8 Å². The average molecular weight is 438 g/mol. The number of aryl methyl sites for hydroxylation is 1. The first-order valence-corrected chi connectivity index (χ1v) is 10.7. The summed E-state index contributed by atoms with van der Waals surface area (Å²) in [6.45, 7) is 6.02. The second kappa shape index (κ2) is 7.98. The Kier molecular flexibility index (Phi) is 4.97. The highest BCUT2D eigenvalue weighted by Crippen LogP contribution is 2.28. The van der Waals surface area contributed by atoms with E-state index in [0.29, 0.717) is 33.2 Å². The van der Waals surface area contributed by atoms with Crippen molar-refractivity contribution in [1.82, 2.24) is 24.4 Å². The summed E-state index contributed by atoms with van der Waals surface area (Å²) in [5, 5.41) is 5.49. The SMILES string of the molecule is Cc1ccccc1-c1cc(C(=O)Nn2cnc3ccccc3c2=O)c2cnn(C(C)C)c2n1. The lowest BCUT2D eigenvalue weighted by atomic mass is 10.0. The first-order valence-electron chi connectivity index (χ1n) is 10.7. The Morgan fingerprint density at radius 1 is 1.03 bits per heavy atom. The van der Waals surface area contributed by atoms with Gasteiger partial charge in [-0.2, -0.15) is 5.10 Å². The Morgan fingerprint density at radius 2 is 1.79 bits per heavy atom. The third kappa shape index (κ3) is 3.55. The number of rotatable bonds is 4. The summed E-state index contributed by atoms with van der Waals surface area (Å²) >= 11 is 0. The number of pyridine rings is 1. The van der Waals surface area contributed by atoms with E-state index in [4.69, 9.17) is 4.98 Å². The summed E-state index contributed by atoms with van der Waals surface area (Å²) < 4.78 is 2.90. The molecule has 0 aliphatic heterocycles. The maximum Gasteiger partial charge on any atom is 0.280 e. The molecule has 5 aromatic rings. The fraction of sp³-hybridized carbons (Fsp3) is 0.160. The maximum atomic E-state index is 13.4. The van der Waals surface area contributed by atoms with Crippen molar-refractivity contribution < 1.29 is 4.79 Å². The smallest absolute Gasteiger partial charge is 0.267 e. The van der Waals surface area contributed by atoms with Crippen LogP contribution in [0.2, 0.25) is 0 Å². The molecule has 3 heterocycles. The van der Waals surface area contributed by atoms with Gasteiger partial charge in [0.2, 0.25) is 0 Å². The molecule has 164 valence electrons. The van der Waals surface area contributed by atoms with Gasteiger partial charge in [-0.3, -0.25) is 15.0 Å². The van der Waals surface area contributed by atoms with Gasteiger partial charge in [0.05, 0.1) is 33.7 Å². The van der Waals surface area contributed by atoms with Crippen LogP contribution in [0.5, 0.6) is 0 Å². The highest BCUT2D eigenvalue weighted by atomic mass is 16.2. The largest absolute Gasteiger partial charge is 0.280 e. The third-order valence-electron chi connectivity index (χ3n) is 5.61. The first-order chi connectivity index (χ1) is 15.9. The maximum absolute atomic E-state index is 13.4. The summed E-state index contributed by atoms with van der Waals surface area (Å²) in [6.07, 6.45) is 2.96. The van der Waals surface area contributed by atoms with Crippen LogP contribution in [-0.2, 0) is 0 Å². The van der Waals surface area contributed by atoms with Crippen LogP contribution >= 0.6 is 0 Å². The molecule has 0 saturated carbocycles. The Hall–Kier alpha value is -4.33. The minimum atomic E-state index is -0.445. The number of carbonyl (C=O) groups excluding carboxylic acids is 1. The van der Waals surface area contributed by atoms with Gasteiger partial charge in [0, 0.05) is 11.6 Å². The number of benzene rings is 2. The zero-order chi connectivity index (χ0) is 23.1. The third-order valence-corrected chi connectivity index (χ3v) is 5.61. The summed E-state index contributed by atoms with van der Waals surface area (Å²) in [7, 11) is 0. The van der Waals surface area contributed by atoms with E-state index in [1.807, 2.05) is 51.1 Å². The van der Waals surface area contributed by atoms with Crippen LogP contribution in [-0.4, -0.2) is 30.3 Å². The van der Waals surface area contributed by atoms with Crippen molar-refractivity contribution in [2.24, 2.45) is 0 Å². The lowest BCUT2D eigenvalue weighted by molar-refractivity contribution is 0.101. The summed E-state index contributed by atoms with van der Waals surface area (Å²) in [4.78, 5) is 35.4. The zero-order valence-electron chi connectivity index (χ0n) is 18.5. The van der Waals surface area contributed by atoms with E-state index in [1.165, 1.54) is 6.33 Å². The molecule has 0 atom stereocenters. The van der Waals surface area contributed by atoms with Crippen LogP contribution in [0, 0.1) is 6.92 Å². The van der Waals surface area contributed by atoms with Crippen molar-refractivity contribution in [3.63, 3.8) is 0 Å². The quantitative estimate of drug-likeness (QED) is 0.456. The molecule has 0 aliphatic carbocycles. The molecule has 1 amide bonds. The number of para-hydroxylation sites is 1. The van der Waals surface area contributed by atoms with Gasteiger partial charge in [0.15, 0.2) is 5.65 Å². The van der Waals surface area contributed by atoms with Crippen molar-refractivity contribution in [3.8, 4) is 11.3 Å². The summed E-state index contributed by atoms with van der Waals surface area (Å²) in [5.74, 6) is -0.445. The molecular formula is C25H22N6O2. The molecule has 8 nitrogen and oxygen atoms in total. The van der Waals surface area contributed by atoms with Gasteiger partial charge in [-0.15, -0.1) is 0 Å². The van der Waals surface area contributed by atoms with E-state index in [0.717, 1.165) is 15.8 Å². The minimum absolute atomic E-state index is 0.0605. The van der Waals surface area contributed by atoms with Crippen LogP contribution in [0.4, 0.5) is 0 Å². The highest BCUT2D eigenvalue weighted by Gasteiger charge is 2.20. The first kappa shape index (κ1) is 20.6. The molecule has 0 radical (unpaired) electrons. The zero-order valence-corrected chi connectivity index (χ0v) is 18.5. The van der Waals surface area contributed by atoms with Gasteiger partial charge in [-0.1, -0.05) is 36.4 Å². The Bertz CT molecular complexity index is 1580. The van der Waals surface area contributed by atoms with Gasteiger partial charge in [0.1, 0.15) is 6.33 Å². The second-order valence-electron chi connectivity index (χ2n) is 8.17. The normalized spacial score (nSPS) is 11.4. The number of hydrogen-bond donors (Lipinski definition) is 1. The van der Waals surface area contributed by atoms with E-state index >= 15 is 0 Å². The molecule has 1 N–H and O–H groups in total. The van der Waals surface area contributed by atoms with E-state index in [2.05, 4.69) is 15.5 Å². The average Bonchev–Trinajstić information content (AvgIpc) is 3.25. The van der Waals surface area contributed by atoms with E-state index < -0.39 is 5.91 Å². The van der Waals surface area contributed by atoms with E-state index in [-0.39, 0.29) is 11.6 Å². The highest BCUT2D eigenvalue weighted by molar-refractivity contribution is 6.10. The van der Waals surface area contributed by atoms with Crippen LogP contribution in [0.3, 0.4) is 0 Å². The van der Waals surface area contributed by atoms with Crippen molar-refractivity contribution in [3.05, 3.63) is 88.6 Å². The fourth-order valence-electron chi connectivity index (χ4n) is 3.90. The van der Waals surface area contributed by atoms with Crippen LogP contribution in [0.25, 0.3) is 33.2 Å².